The summed E-state index contributed by atoms with van der Waals surface area (Å²) in [6, 6.07) is 7.00. The predicted molar refractivity (Wildman–Crippen MR) is 124 cm³/mol. The third-order valence-corrected chi connectivity index (χ3v) is 5.25. The number of methoxy groups -OCH3 is 1. The molecule has 184 valence electrons. The fraction of sp³-hybridized carbons (Fsp3) is 0.217. The van der Waals surface area contributed by atoms with Gasteiger partial charge in [-0.05, 0) is 17.7 Å². The highest BCUT2D eigenvalue weighted by Gasteiger charge is 2.30. The highest BCUT2D eigenvalue weighted by Crippen LogP contribution is 2.29. The van der Waals surface area contributed by atoms with Gasteiger partial charge in [0, 0.05) is 29.9 Å². The van der Waals surface area contributed by atoms with Gasteiger partial charge in [0.25, 0.3) is 0 Å². The summed E-state index contributed by atoms with van der Waals surface area (Å²) in [6.45, 7) is 3.89. The van der Waals surface area contributed by atoms with Crippen LogP contribution in [-0.4, -0.2) is 33.7 Å². The molecule has 0 atom stereocenters. The number of alkyl halides is 3. The van der Waals surface area contributed by atoms with Crippen LogP contribution in [0.25, 0.3) is 5.70 Å². The van der Waals surface area contributed by atoms with Gasteiger partial charge in [0.1, 0.15) is 6.61 Å². The highest BCUT2D eigenvalue weighted by atomic mass is 35.5. The third-order valence-electron chi connectivity index (χ3n) is 4.89. The quantitative estimate of drug-likeness (QED) is 0.364. The van der Waals surface area contributed by atoms with Gasteiger partial charge in [-0.1, -0.05) is 30.3 Å². The van der Waals surface area contributed by atoms with Crippen LogP contribution in [0.2, 0.25) is 5.02 Å². The molecule has 0 unspecified atom stereocenters. The van der Waals surface area contributed by atoms with Crippen LogP contribution in [0.5, 0.6) is 5.88 Å². The zero-order valence-corrected chi connectivity index (χ0v) is 19.5. The lowest BCUT2D eigenvalue weighted by Crippen LogP contribution is -2.14. The molecule has 0 aliphatic carbocycles. The van der Waals surface area contributed by atoms with Crippen molar-refractivity contribution in [1.29, 1.82) is 0 Å². The largest absolute Gasteiger partial charge is 0.480 e. The van der Waals surface area contributed by atoms with E-state index in [1.54, 1.807) is 25.2 Å². The van der Waals surface area contributed by atoms with Gasteiger partial charge in [-0.2, -0.15) is 18.3 Å². The summed E-state index contributed by atoms with van der Waals surface area (Å²) < 4.78 is 50.7. The highest BCUT2D eigenvalue weighted by molar-refractivity contribution is 6.31. The van der Waals surface area contributed by atoms with Crippen molar-refractivity contribution in [2.75, 3.05) is 7.11 Å². The number of pyridine rings is 1. The average Bonchev–Trinajstić information content (AvgIpc) is 3.16. The van der Waals surface area contributed by atoms with Gasteiger partial charge in [0.05, 0.1) is 42.2 Å². The first-order valence-corrected chi connectivity index (χ1v) is 10.4. The van der Waals surface area contributed by atoms with Crippen molar-refractivity contribution in [2.45, 2.75) is 19.2 Å². The van der Waals surface area contributed by atoms with E-state index in [9.17, 15) is 18.0 Å². The zero-order valence-electron chi connectivity index (χ0n) is 18.8. The molecule has 8 nitrogen and oxygen atoms in total. The summed E-state index contributed by atoms with van der Waals surface area (Å²) in [5.41, 5.74) is 6.87. The van der Waals surface area contributed by atoms with Crippen LogP contribution < -0.4 is 10.5 Å². The van der Waals surface area contributed by atoms with Gasteiger partial charge in [-0.25, -0.2) is 9.98 Å². The van der Waals surface area contributed by atoms with E-state index < -0.39 is 17.6 Å². The van der Waals surface area contributed by atoms with Gasteiger partial charge >= 0.3 is 6.18 Å². The number of hydrogen-bond acceptors (Lipinski definition) is 6. The lowest BCUT2D eigenvalue weighted by atomic mass is 10.1. The molecule has 0 radical (unpaired) electrons. The maximum atomic E-state index is 12.7. The zero-order chi connectivity index (χ0) is 25.8. The topological polar surface area (TPSA) is 105 Å². The van der Waals surface area contributed by atoms with Crippen LogP contribution in [0.1, 0.15) is 27.9 Å². The number of rotatable bonds is 8. The first kappa shape index (κ1) is 25.8. The van der Waals surface area contributed by atoms with E-state index in [1.165, 1.54) is 18.0 Å². The molecular formula is C23H21ClF3N5O3. The molecule has 3 rings (SSSR count). The molecule has 1 amide bonds. The number of nitrogens with two attached hydrogens (primary N) is 1. The van der Waals surface area contributed by atoms with E-state index in [0.717, 1.165) is 12.1 Å². The molecule has 0 bridgehead atoms. The molecule has 1 aromatic carbocycles. The van der Waals surface area contributed by atoms with Crippen molar-refractivity contribution in [2.24, 2.45) is 17.8 Å². The van der Waals surface area contributed by atoms with E-state index in [2.05, 4.69) is 21.7 Å². The molecule has 2 heterocycles. The molecule has 0 aliphatic rings. The summed E-state index contributed by atoms with van der Waals surface area (Å²) in [5, 5.41) is 4.53. The number of aliphatic imine (C=N–C) groups is 1. The molecule has 2 N–H and O–H groups in total. The minimum atomic E-state index is -4.49. The summed E-state index contributed by atoms with van der Waals surface area (Å²) >= 11 is 6.24. The maximum Gasteiger partial charge on any atom is 0.417 e. The smallest absolute Gasteiger partial charge is 0.417 e. The summed E-state index contributed by atoms with van der Waals surface area (Å²) in [5.74, 6) is -0.313. The fourth-order valence-corrected chi connectivity index (χ4v) is 3.30. The Morgan fingerprint density at radius 2 is 2.00 bits per heavy atom. The number of benzene rings is 1. The van der Waals surface area contributed by atoms with Gasteiger partial charge in [-0.3, -0.25) is 9.48 Å². The lowest BCUT2D eigenvalue weighted by molar-refractivity contribution is -0.137. The number of aryl methyl sites for hydroxylation is 1. The molecule has 0 saturated heterocycles. The monoisotopic (exact) mass is 507 g/mol. The molecule has 0 fully saturated rings. The molecule has 0 spiro atoms. The van der Waals surface area contributed by atoms with Gasteiger partial charge in [0.2, 0.25) is 17.7 Å². The molecule has 0 saturated carbocycles. The van der Waals surface area contributed by atoms with Crippen molar-refractivity contribution in [3.8, 4) is 5.88 Å². The van der Waals surface area contributed by atoms with Crippen LogP contribution in [0.3, 0.4) is 0 Å². The standard InChI is InChI=1S/C23H21ClF3N5O3/c1-13(14-4-5-15(9-20(28)33)18(24)8-14)31-22(34-3)17-11-30-32(2)19(17)12-35-21-7-6-16(10-29-21)23(25,26)27/h4-8,10-11H,1,9,12H2,2-3H3,(H2,28,33). The maximum absolute atomic E-state index is 12.7. The Balaban J connectivity index is 1.80. The average molecular weight is 508 g/mol. The van der Waals surface area contributed by atoms with Crippen molar-refractivity contribution in [3.05, 3.63) is 82.3 Å². The number of primary amides is 1. The second kappa shape index (κ2) is 10.6. The Hall–Kier alpha value is -3.86. The minimum absolute atomic E-state index is 0.00497. The van der Waals surface area contributed by atoms with Crippen molar-refractivity contribution < 1.29 is 27.4 Å². The Morgan fingerprint density at radius 1 is 1.26 bits per heavy atom. The number of ether oxygens (including phenoxy) is 2. The molecule has 0 aliphatic heterocycles. The summed E-state index contributed by atoms with van der Waals surface area (Å²) in [6.07, 6.45) is -2.27. The number of carbonyl (C=O) groups is 1. The Bertz CT molecular complexity index is 1270. The van der Waals surface area contributed by atoms with Gasteiger partial charge in [-0.15, -0.1) is 0 Å². The second-order valence-electron chi connectivity index (χ2n) is 7.32. The van der Waals surface area contributed by atoms with E-state index >= 15 is 0 Å². The SMILES string of the molecule is C=C(N=C(OC)c1cnn(C)c1COc1ccc(C(F)(F)F)cn1)c1ccc(CC(N)=O)c(Cl)c1. The molecular weight excluding hydrogens is 487 g/mol. The van der Waals surface area contributed by atoms with E-state index in [0.29, 0.717) is 39.3 Å². The van der Waals surface area contributed by atoms with E-state index in [4.69, 9.17) is 26.8 Å². The Kier molecular flexibility index (Phi) is 7.80. The third kappa shape index (κ3) is 6.38. The number of aromatic nitrogens is 3. The first-order chi connectivity index (χ1) is 16.5. The number of hydrogen-bond donors (Lipinski definition) is 1. The van der Waals surface area contributed by atoms with Crippen molar-refractivity contribution >= 4 is 29.1 Å². The van der Waals surface area contributed by atoms with Gasteiger partial charge < -0.3 is 15.2 Å². The number of amides is 1. The first-order valence-electron chi connectivity index (χ1n) is 10.1. The summed E-state index contributed by atoms with van der Waals surface area (Å²) in [7, 11) is 3.09. The van der Waals surface area contributed by atoms with Crippen LogP contribution >= 0.6 is 11.6 Å². The molecule has 2 aromatic heterocycles. The lowest BCUT2D eigenvalue weighted by Gasteiger charge is -2.11. The molecule has 35 heavy (non-hydrogen) atoms. The van der Waals surface area contributed by atoms with Crippen LogP contribution in [-0.2, 0) is 35.8 Å². The molecule has 12 heteroatoms. The van der Waals surface area contributed by atoms with Crippen LogP contribution in [0, 0.1) is 0 Å². The fourth-order valence-electron chi connectivity index (χ4n) is 3.05. The van der Waals surface area contributed by atoms with Crippen molar-refractivity contribution in [1.82, 2.24) is 14.8 Å². The van der Waals surface area contributed by atoms with Crippen LogP contribution in [0.15, 0.2) is 54.3 Å². The van der Waals surface area contributed by atoms with Crippen molar-refractivity contribution in [3.63, 3.8) is 0 Å². The summed E-state index contributed by atoms with van der Waals surface area (Å²) in [4.78, 5) is 19.3. The Labute approximate surface area is 203 Å². The molecule has 3 aromatic rings. The Morgan fingerprint density at radius 3 is 2.57 bits per heavy atom. The number of nitrogens with zero attached hydrogens (tertiary/aromatic N) is 4. The van der Waals surface area contributed by atoms with E-state index in [-0.39, 0.29) is 24.8 Å². The van der Waals surface area contributed by atoms with Gasteiger partial charge in [0.15, 0.2) is 0 Å². The second-order valence-corrected chi connectivity index (χ2v) is 7.72. The number of halogens is 4. The normalized spacial score (nSPS) is 11.9. The minimum Gasteiger partial charge on any atom is -0.480 e. The van der Waals surface area contributed by atoms with Crippen LogP contribution in [0.4, 0.5) is 13.2 Å². The number of carbonyl (C=O) groups excluding carboxylic acids is 1. The van der Waals surface area contributed by atoms with E-state index in [1.807, 2.05) is 0 Å². The predicted octanol–water partition coefficient (Wildman–Crippen LogP) is 4.16.